The van der Waals surface area contributed by atoms with Crippen molar-refractivity contribution < 1.29 is 18.8 Å². The van der Waals surface area contributed by atoms with E-state index in [4.69, 9.17) is 11.6 Å². The van der Waals surface area contributed by atoms with Crippen molar-refractivity contribution >= 4 is 29.2 Å². The Hall–Kier alpha value is -3.31. The Morgan fingerprint density at radius 3 is 2.17 bits per heavy atom. The van der Waals surface area contributed by atoms with E-state index < -0.39 is 11.6 Å². The monoisotopic (exact) mass is 421 g/mol. The Morgan fingerprint density at radius 1 is 0.867 bits per heavy atom. The molecule has 0 unspecified atom stereocenters. The number of rotatable bonds is 6. The number of carbonyl (C=O) groups is 3. The van der Waals surface area contributed by atoms with Crippen LogP contribution in [-0.2, 0) is 6.42 Å². The summed E-state index contributed by atoms with van der Waals surface area (Å²) >= 11 is 6.07. The van der Waals surface area contributed by atoms with Crippen molar-refractivity contribution in [2.45, 2.75) is 12.8 Å². The summed E-state index contributed by atoms with van der Waals surface area (Å²) in [6.45, 7) is 0.225. The SMILES string of the molecule is O=C(c1ccccc1F)c1cc(Cl)ccc1CCCN1C(=O)c2ccccc2C1=O. The van der Waals surface area contributed by atoms with Crippen molar-refractivity contribution in [2.75, 3.05) is 6.54 Å². The third kappa shape index (κ3) is 3.64. The van der Waals surface area contributed by atoms with Gasteiger partial charge in [-0.2, -0.15) is 0 Å². The Kier molecular flexibility index (Phi) is 5.46. The molecule has 4 rings (SSSR count). The molecule has 2 amide bonds. The van der Waals surface area contributed by atoms with Crippen molar-refractivity contribution in [3.8, 4) is 0 Å². The van der Waals surface area contributed by atoms with Gasteiger partial charge in [0.2, 0.25) is 0 Å². The lowest BCUT2D eigenvalue weighted by atomic mass is 9.95. The molecule has 0 aliphatic carbocycles. The number of halogens is 2. The molecule has 30 heavy (non-hydrogen) atoms. The third-order valence-electron chi connectivity index (χ3n) is 5.14. The summed E-state index contributed by atoms with van der Waals surface area (Å²) in [6.07, 6.45) is 0.894. The summed E-state index contributed by atoms with van der Waals surface area (Å²) in [7, 11) is 0. The third-order valence-corrected chi connectivity index (χ3v) is 5.38. The molecule has 0 N–H and O–H groups in total. The highest BCUT2D eigenvalue weighted by molar-refractivity contribution is 6.31. The average Bonchev–Trinajstić information content (AvgIpc) is 2.99. The fraction of sp³-hybridized carbons (Fsp3) is 0.125. The van der Waals surface area contributed by atoms with Gasteiger partial charge in [-0.05, 0) is 54.8 Å². The lowest BCUT2D eigenvalue weighted by Crippen LogP contribution is -2.31. The van der Waals surface area contributed by atoms with Gasteiger partial charge >= 0.3 is 0 Å². The first-order valence-electron chi connectivity index (χ1n) is 9.50. The fourth-order valence-electron chi connectivity index (χ4n) is 3.64. The van der Waals surface area contributed by atoms with Gasteiger partial charge in [0, 0.05) is 17.1 Å². The van der Waals surface area contributed by atoms with Gasteiger partial charge in [-0.25, -0.2) is 4.39 Å². The standard InChI is InChI=1S/C24H17ClFNO3/c25-16-12-11-15(20(14-16)22(28)19-9-3-4-10-21(19)26)6-5-13-27-23(29)17-7-1-2-8-18(17)24(27)30/h1-4,7-12,14H,5-6,13H2. The summed E-state index contributed by atoms with van der Waals surface area (Å²) in [4.78, 5) is 39.1. The average molecular weight is 422 g/mol. The predicted octanol–water partition coefficient (Wildman–Crippen LogP) is 4.94. The zero-order valence-corrected chi connectivity index (χ0v) is 16.7. The van der Waals surface area contributed by atoms with Crippen LogP contribution in [0.1, 0.15) is 48.6 Å². The Morgan fingerprint density at radius 2 is 1.50 bits per heavy atom. The van der Waals surface area contributed by atoms with E-state index in [9.17, 15) is 18.8 Å². The van der Waals surface area contributed by atoms with Crippen LogP contribution in [0, 0.1) is 5.82 Å². The molecule has 1 heterocycles. The Balaban J connectivity index is 1.51. The van der Waals surface area contributed by atoms with Crippen molar-refractivity contribution in [2.24, 2.45) is 0 Å². The Bertz CT molecular complexity index is 1140. The molecule has 6 heteroatoms. The minimum Gasteiger partial charge on any atom is -0.288 e. The highest BCUT2D eigenvalue weighted by Gasteiger charge is 2.34. The number of hydrogen-bond acceptors (Lipinski definition) is 3. The van der Waals surface area contributed by atoms with E-state index in [1.807, 2.05) is 0 Å². The van der Waals surface area contributed by atoms with Crippen LogP contribution in [-0.4, -0.2) is 29.0 Å². The van der Waals surface area contributed by atoms with Crippen LogP contribution in [0.5, 0.6) is 0 Å². The number of amides is 2. The van der Waals surface area contributed by atoms with Gasteiger partial charge in [-0.3, -0.25) is 19.3 Å². The van der Waals surface area contributed by atoms with Crippen molar-refractivity contribution in [3.63, 3.8) is 0 Å². The van der Waals surface area contributed by atoms with Crippen LogP contribution in [0.2, 0.25) is 5.02 Å². The van der Waals surface area contributed by atoms with Crippen molar-refractivity contribution in [1.29, 1.82) is 0 Å². The molecule has 0 atom stereocenters. The van der Waals surface area contributed by atoms with Crippen LogP contribution in [0.25, 0.3) is 0 Å². The van der Waals surface area contributed by atoms with Crippen molar-refractivity contribution in [3.05, 3.63) is 105 Å². The lowest BCUT2D eigenvalue weighted by Gasteiger charge is -2.15. The first kappa shape index (κ1) is 20.0. The highest BCUT2D eigenvalue weighted by atomic mass is 35.5. The molecule has 150 valence electrons. The van der Waals surface area contributed by atoms with Gasteiger partial charge in [-0.1, -0.05) is 41.9 Å². The summed E-state index contributed by atoms with van der Waals surface area (Å²) in [6, 6.07) is 17.4. The van der Waals surface area contributed by atoms with Gasteiger partial charge < -0.3 is 0 Å². The fourth-order valence-corrected chi connectivity index (χ4v) is 3.81. The molecule has 0 bridgehead atoms. The number of aryl methyl sites for hydroxylation is 1. The highest BCUT2D eigenvalue weighted by Crippen LogP contribution is 2.25. The lowest BCUT2D eigenvalue weighted by molar-refractivity contribution is 0.0652. The first-order valence-corrected chi connectivity index (χ1v) is 9.88. The van der Waals surface area contributed by atoms with Crippen molar-refractivity contribution in [1.82, 2.24) is 4.90 Å². The predicted molar refractivity (Wildman–Crippen MR) is 111 cm³/mol. The quantitative estimate of drug-likeness (QED) is 0.418. The van der Waals surface area contributed by atoms with Crippen LogP contribution in [0.15, 0.2) is 66.7 Å². The molecule has 1 aliphatic heterocycles. The zero-order valence-electron chi connectivity index (χ0n) is 15.9. The number of hydrogen-bond donors (Lipinski definition) is 0. The van der Waals surface area contributed by atoms with Crippen LogP contribution < -0.4 is 0 Å². The second kappa shape index (κ2) is 8.20. The van der Waals surface area contributed by atoms with E-state index in [1.165, 1.54) is 29.2 Å². The zero-order chi connectivity index (χ0) is 21.3. The molecule has 0 saturated heterocycles. The number of imide groups is 1. The number of benzene rings is 3. The summed E-state index contributed by atoms with van der Waals surface area (Å²) in [5.74, 6) is -1.67. The molecule has 4 nitrogen and oxygen atoms in total. The second-order valence-electron chi connectivity index (χ2n) is 7.02. The molecule has 0 radical (unpaired) electrons. The Labute approximate surface area is 177 Å². The maximum atomic E-state index is 14.1. The number of nitrogens with zero attached hydrogens (tertiary/aromatic N) is 1. The normalized spacial score (nSPS) is 12.9. The van der Waals surface area contributed by atoms with Crippen LogP contribution >= 0.6 is 11.6 Å². The van der Waals surface area contributed by atoms with E-state index in [0.717, 1.165) is 0 Å². The van der Waals surface area contributed by atoms with Gasteiger partial charge in [0.25, 0.3) is 11.8 Å². The van der Waals surface area contributed by atoms with Gasteiger partial charge in [0.05, 0.1) is 16.7 Å². The molecular weight excluding hydrogens is 405 g/mol. The molecule has 0 spiro atoms. The molecule has 3 aromatic carbocycles. The van der Waals surface area contributed by atoms with Gasteiger partial charge in [0.1, 0.15) is 5.82 Å². The van der Waals surface area contributed by atoms with Gasteiger partial charge in [-0.15, -0.1) is 0 Å². The molecular formula is C24H17ClFNO3. The number of ketones is 1. The van der Waals surface area contributed by atoms with Crippen LogP contribution in [0.3, 0.4) is 0 Å². The minimum atomic E-state index is -0.598. The van der Waals surface area contributed by atoms with E-state index >= 15 is 0 Å². The van der Waals surface area contributed by atoms with E-state index in [0.29, 0.717) is 40.1 Å². The van der Waals surface area contributed by atoms with E-state index in [1.54, 1.807) is 42.5 Å². The maximum absolute atomic E-state index is 14.1. The summed E-state index contributed by atoms with van der Waals surface area (Å²) < 4.78 is 14.1. The van der Waals surface area contributed by atoms with E-state index in [-0.39, 0.29) is 23.9 Å². The van der Waals surface area contributed by atoms with Crippen LogP contribution in [0.4, 0.5) is 4.39 Å². The second-order valence-corrected chi connectivity index (χ2v) is 7.46. The van der Waals surface area contributed by atoms with E-state index in [2.05, 4.69) is 0 Å². The number of carbonyl (C=O) groups excluding carboxylic acids is 3. The molecule has 1 aliphatic rings. The topological polar surface area (TPSA) is 54.5 Å². The minimum absolute atomic E-state index is 0.0265. The summed E-state index contributed by atoms with van der Waals surface area (Å²) in [5, 5.41) is 0.374. The summed E-state index contributed by atoms with van der Waals surface area (Å²) in [5.41, 5.74) is 1.79. The maximum Gasteiger partial charge on any atom is 0.261 e. The smallest absolute Gasteiger partial charge is 0.261 e. The largest absolute Gasteiger partial charge is 0.288 e. The number of fused-ring (bicyclic) bond motifs is 1. The first-order chi connectivity index (χ1) is 14.5. The molecule has 3 aromatic rings. The van der Waals surface area contributed by atoms with Gasteiger partial charge in [0.15, 0.2) is 5.78 Å². The molecule has 0 saturated carbocycles. The molecule has 0 aromatic heterocycles. The molecule has 0 fully saturated rings.